The summed E-state index contributed by atoms with van der Waals surface area (Å²) in [4.78, 5) is 14.4. The Morgan fingerprint density at radius 2 is 2.16 bits per heavy atom. The van der Waals surface area contributed by atoms with E-state index >= 15 is 0 Å². The molecule has 19 heavy (non-hydrogen) atoms. The van der Waals surface area contributed by atoms with Gasteiger partial charge in [-0.2, -0.15) is 0 Å². The summed E-state index contributed by atoms with van der Waals surface area (Å²) in [6, 6.07) is 5.30. The van der Waals surface area contributed by atoms with Crippen LogP contribution in [0.3, 0.4) is 0 Å². The van der Waals surface area contributed by atoms with Crippen LogP contribution in [-0.4, -0.2) is 29.8 Å². The van der Waals surface area contributed by atoms with Crippen LogP contribution in [0.5, 0.6) is 0 Å². The van der Waals surface area contributed by atoms with Gasteiger partial charge in [0.15, 0.2) is 5.78 Å². The molecule has 1 aromatic rings. The number of hydrogen-bond donors (Lipinski definition) is 0. The number of aryl methyl sites for hydroxylation is 1. The Balaban J connectivity index is 1.92. The first-order valence-corrected chi connectivity index (χ1v) is 7.00. The summed E-state index contributed by atoms with van der Waals surface area (Å²) in [6.07, 6.45) is 1.67. The van der Waals surface area contributed by atoms with Gasteiger partial charge in [0.2, 0.25) is 0 Å². The molecule has 0 aliphatic carbocycles. The number of hydrogen-bond acceptors (Lipinski definition) is 2. The Hall–Kier alpha value is -1.22. The van der Waals surface area contributed by atoms with Crippen molar-refractivity contribution in [1.82, 2.24) is 4.90 Å². The van der Waals surface area contributed by atoms with E-state index in [4.69, 9.17) is 0 Å². The molecule has 0 bridgehead atoms. The smallest absolute Gasteiger partial charge is 0.164 e. The predicted octanol–water partition coefficient (Wildman–Crippen LogP) is 3.44. The minimum absolute atomic E-state index is 0.0330. The van der Waals surface area contributed by atoms with Crippen molar-refractivity contribution >= 4 is 5.78 Å². The van der Waals surface area contributed by atoms with Crippen molar-refractivity contribution < 1.29 is 9.18 Å². The molecule has 104 valence electrons. The lowest BCUT2D eigenvalue weighted by molar-refractivity contribution is 0.0962. The highest BCUT2D eigenvalue weighted by Gasteiger charge is 2.26. The van der Waals surface area contributed by atoms with Crippen molar-refractivity contribution in [2.75, 3.05) is 13.1 Å². The van der Waals surface area contributed by atoms with Gasteiger partial charge in [-0.3, -0.25) is 9.69 Å². The Labute approximate surface area is 114 Å². The lowest BCUT2D eigenvalue weighted by atomic mass is 10.1. The third-order valence-corrected chi connectivity index (χ3v) is 4.03. The molecular weight excluding hydrogens is 241 g/mol. The zero-order valence-corrected chi connectivity index (χ0v) is 11.9. The van der Waals surface area contributed by atoms with Gasteiger partial charge in [0, 0.05) is 31.1 Å². The fraction of sp³-hybridized carbons (Fsp3) is 0.562. The van der Waals surface area contributed by atoms with Gasteiger partial charge in [0.1, 0.15) is 5.82 Å². The molecule has 0 spiro atoms. The predicted molar refractivity (Wildman–Crippen MR) is 74.9 cm³/mol. The molecule has 1 saturated heterocycles. The molecule has 2 unspecified atom stereocenters. The van der Waals surface area contributed by atoms with Crippen LogP contribution in [0.25, 0.3) is 0 Å². The van der Waals surface area contributed by atoms with E-state index in [9.17, 15) is 9.18 Å². The van der Waals surface area contributed by atoms with E-state index in [-0.39, 0.29) is 11.6 Å². The monoisotopic (exact) mass is 263 g/mol. The highest BCUT2D eigenvalue weighted by atomic mass is 19.1. The summed E-state index contributed by atoms with van der Waals surface area (Å²) in [5, 5.41) is 0. The lowest BCUT2D eigenvalue weighted by Gasteiger charge is -2.20. The lowest BCUT2D eigenvalue weighted by Crippen LogP contribution is -2.29. The highest BCUT2D eigenvalue weighted by molar-refractivity contribution is 5.96. The maximum Gasteiger partial charge on any atom is 0.164 e. The highest BCUT2D eigenvalue weighted by Crippen LogP contribution is 2.22. The maximum atomic E-state index is 13.4. The summed E-state index contributed by atoms with van der Waals surface area (Å²) in [7, 11) is 0. The normalized spacial score (nSPS) is 23.8. The van der Waals surface area contributed by atoms with Crippen LogP contribution in [0.15, 0.2) is 18.2 Å². The van der Waals surface area contributed by atoms with Crippen molar-refractivity contribution in [3.05, 3.63) is 35.1 Å². The van der Waals surface area contributed by atoms with Gasteiger partial charge in [-0.25, -0.2) is 4.39 Å². The third-order valence-electron chi connectivity index (χ3n) is 4.03. The fourth-order valence-electron chi connectivity index (χ4n) is 2.85. The standard InChI is InChI=1S/C16H22FNO/c1-11-8-13(3)18(10-11)7-6-16(19)14-5-4-12(2)15(17)9-14/h4-5,9,11,13H,6-8,10H2,1-3H3. The van der Waals surface area contributed by atoms with Crippen LogP contribution in [0.1, 0.15) is 42.6 Å². The zero-order chi connectivity index (χ0) is 14.0. The fourth-order valence-corrected chi connectivity index (χ4v) is 2.85. The molecule has 1 fully saturated rings. The van der Waals surface area contributed by atoms with Crippen molar-refractivity contribution in [1.29, 1.82) is 0 Å². The number of nitrogens with zero attached hydrogens (tertiary/aromatic N) is 1. The van der Waals surface area contributed by atoms with Crippen molar-refractivity contribution in [2.24, 2.45) is 5.92 Å². The largest absolute Gasteiger partial charge is 0.300 e. The quantitative estimate of drug-likeness (QED) is 0.776. The molecule has 0 saturated carbocycles. The van der Waals surface area contributed by atoms with Crippen LogP contribution in [-0.2, 0) is 0 Å². The van der Waals surface area contributed by atoms with Crippen LogP contribution in [0.4, 0.5) is 4.39 Å². The summed E-state index contributed by atoms with van der Waals surface area (Å²) in [5.74, 6) is 0.446. The summed E-state index contributed by atoms with van der Waals surface area (Å²) >= 11 is 0. The molecule has 1 aliphatic heterocycles. The van der Waals surface area contributed by atoms with E-state index in [1.807, 2.05) is 0 Å². The first kappa shape index (κ1) is 14.2. The molecule has 0 aromatic heterocycles. The van der Waals surface area contributed by atoms with Gasteiger partial charge in [-0.1, -0.05) is 19.1 Å². The molecule has 1 heterocycles. The van der Waals surface area contributed by atoms with Gasteiger partial charge in [0.25, 0.3) is 0 Å². The first-order chi connectivity index (χ1) is 8.97. The first-order valence-electron chi connectivity index (χ1n) is 7.00. The van der Waals surface area contributed by atoms with E-state index < -0.39 is 0 Å². The van der Waals surface area contributed by atoms with Crippen LogP contribution in [0, 0.1) is 18.7 Å². The molecule has 2 nitrogen and oxygen atoms in total. The van der Waals surface area contributed by atoms with Crippen LogP contribution < -0.4 is 0 Å². The van der Waals surface area contributed by atoms with E-state index in [1.54, 1.807) is 19.1 Å². The van der Waals surface area contributed by atoms with Crippen molar-refractivity contribution in [3.63, 3.8) is 0 Å². The number of Topliss-reactive ketones (excluding diaryl/α,β-unsaturated/α-hetero) is 1. The summed E-state index contributed by atoms with van der Waals surface area (Å²) < 4.78 is 13.4. The zero-order valence-electron chi connectivity index (χ0n) is 11.9. The Kier molecular flexibility index (Phi) is 4.35. The summed E-state index contributed by atoms with van der Waals surface area (Å²) in [5.41, 5.74) is 1.07. The van der Waals surface area contributed by atoms with Crippen molar-refractivity contribution in [2.45, 2.75) is 39.7 Å². The number of ketones is 1. The molecular formula is C16H22FNO. The minimum Gasteiger partial charge on any atom is -0.300 e. The Bertz CT molecular complexity index is 472. The second kappa shape index (κ2) is 5.83. The number of rotatable bonds is 4. The number of halogens is 1. The number of carbonyl (C=O) groups excluding carboxylic acids is 1. The van der Waals surface area contributed by atoms with Crippen LogP contribution >= 0.6 is 0 Å². The molecule has 1 aromatic carbocycles. The second-order valence-electron chi connectivity index (χ2n) is 5.82. The molecule has 0 amide bonds. The van der Waals surface area contributed by atoms with Gasteiger partial charge >= 0.3 is 0 Å². The van der Waals surface area contributed by atoms with Crippen LogP contribution in [0.2, 0.25) is 0 Å². The SMILES string of the molecule is Cc1ccc(C(=O)CCN2CC(C)CC2C)cc1F. The topological polar surface area (TPSA) is 20.3 Å². The Morgan fingerprint density at radius 1 is 1.42 bits per heavy atom. The molecule has 2 rings (SSSR count). The second-order valence-corrected chi connectivity index (χ2v) is 5.82. The summed E-state index contributed by atoms with van der Waals surface area (Å²) in [6.45, 7) is 8.00. The Morgan fingerprint density at radius 3 is 2.74 bits per heavy atom. The average molecular weight is 263 g/mol. The maximum absolute atomic E-state index is 13.4. The minimum atomic E-state index is -0.297. The van der Waals surface area contributed by atoms with E-state index in [1.165, 1.54) is 12.5 Å². The van der Waals surface area contributed by atoms with E-state index in [0.29, 0.717) is 29.5 Å². The molecule has 2 atom stereocenters. The molecule has 0 radical (unpaired) electrons. The molecule has 1 aliphatic rings. The van der Waals surface area contributed by atoms with Gasteiger partial charge < -0.3 is 0 Å². The molecule has 3 heteroatoms. The van der Waals surface area contributed by atoms with Gasteiger partial charge in [0.05, 0.1) is 0 Å². The van der Waals surface area contributed by atoms with Gasteiger partial charge in [-0.05, 0) is 37.8 Å². The van der Waals surface area contributed by atoms with E-state index in [2.05, 4.69) is 18.7 Å². The van der Waals surface area contributed by atoms with Gasteiger partial charge in [-0.15, -0.1) is 0 Å². The average Bonchev–Trinajstić information content (AvgIpc) is 2.68. The number of likely N-dealkylation sites (tertiary alicyclic amines) is 1. The van der Waals surface area contributed by atoms with E-state index in [0.717, 1.165) is 13.1 Å². The van der Waals surface area contributed by atoms with Crippen molar-refractivity contribution in [3.8, 4) is 0 Å². The number of benzene rings is 1. The molecule has 0 N–H and O–H groups in total. The number of carbonyl (C=O) groups is 1. The third kappa shape index (κ3) is 3.41.